The van der Waals surface area contributed by atoms with E-state index in [1.165, 1.54) is 12.8 Å². The molecule has 1 aliphatic rings. The fourth-order valence-corrected chi connectivity index (χ4v) is 2.67. The molecule has 3 nitrogen and oxygen atoms in total. The number of benzene rings is 1. The predicted molar refractivity (Wildman–Crippen MR) is 72.3 cm³/mol. The number of rotatable bonds is 3. The van der Waals surface area contributed by atoms with E-state index in [0.29, 0.717) is 17.2 Å². The summed E-state index contributed by atoms with van der Waals surface area (Å²) in [4.78, 5) is 12.0. The molecule has 0 saturated heterocycles. The third-order valence-corrected chi connectivity index (χ3v) is 3.74. The Bertz CT molecular complexity index is 417. The maximum Gasteiger partial charge on any atom is 0.338 e. The van der Waals surface area contributed by atoms with E-state index in [-0.39, 0.29) is 12.1 Å². The number of ether oxygens (including phenoxy) is 1. The molecular weight excluding hydrogens is 226 g/mol. The third-order valence-electron chi connectivity index (χ3n) is 3.74. The van der Waals surface area contributed by atoms with Crippen LogP contribution in [0, 0.1) is 5.92 Å². The second-order valence-corrected chi connectivity index (χ2v) is 5.02. The van der Waals surface area contributed by atoms with Crippen molar-refractivity contribution in [3.8, 4) is 0 Å². The van der Waals surface area contributed by atoms with Gasteiger partial charge in [0, 0.05) is 5.69 Å². The van der Waals surface area contributed by atoms with Crippen LogP contribution in [0.5, 0.6) is 0 Å². The number of carbonyl (C=O) groups excluding carboxylic acids is 1. The average Bonchev–Trinajstić information content (AvgIpc) is 2.39. The molecule has 0 amide bonds. The highest BCUT2D eigenvalue weighted by Gasteiger charge is 2.27. The van der Waals surface area contributed by atoms with E-state index < -0.39 is 0 Å². The van der Waals surface area contributed by atoms with Gasteiger partial charge in [-0.1, -0.05) is 19.4 Å². The van der Waals surface area contributed by atoms with Gasteiger partial charge in [0.25, 0.3) is 0 Å². The lowest BCUT2D eigenvalue weighted by atomic mass is 9.85. The summed E-state index contributed by atoms with van der Waals surface area (Å²) in [5.74, 6) is 0.274. The van der Waals surface area contributed by atoms with Gasteiger partial charge in [-0.15, -0.1) is 0 Å². The molecule has 0 bridgehead atoms. The second kappa shape index (κ2) is 5.89. The third kappa shape index (κ3) is 3.03. The van der Waals surface area contributed by atoms with Crippen molar-refractivity contribution in [3.63, 3.8) is 0 Å². The molecule has 1 saturated carbocycles. The van der Waals surface area contributed by atoms with Crippen LogP contribution in [0.3, 0.4) is 0 Å². The summed E-state index contributed by atoms with van der Waals surface area (Å²) >= 11 is 0. The van der Waals surface area contributed by atoms with Crippen molar-refractivity contribution in [2.24, 2.45) is 5.92 Å². The van der Waals surface area contributed by atoms with E-state index in [1.807, 2.05) is 0 Å². The Morgan fingerprint density at radius 1 is 1.39 bits per heavy atom. The van der Waals surface area contributed by atoms with E-state index >= 15 is 0 Å². The zero-order valence-corrected chi connectivity index (χ0v) is 10.9. The molecule has 2 rings (SSSR count). The number of hydrogen-bond acceptors (Lipinski definition) is 3. The highest BCUT2D eigenvalue weighted by atomic mass is 16.5. The lowest BCUT2D eigenvalue weighted by molar-refractivity contribution is 0.000715. The fourth-order valence-electron chi connectivity index (χ4n) is 2.67. The maximum absolute atomic E-state index is 12.0. The number of nitrogen functional groups attached to an aromatic ring is 1. The molecule has 1 aromatic rings. The van der Waals surface area contributed by atoms with Crippen molar-refractivity contribution >= 4 is 11.7 Å². The van der Waals surface area contributed by atoms with Crippen LogP contribution in [0.4, 0.5) is 5.69 Å². The molecule has 98 valence electrons. The van der Waals surface area contributed by atoms with Crippen LogP contribution in [-0.2, 0) is 4.74 Å². The van der Waals surface area contributed by atoms with E-state index in [4.69, 9.17) is 10.5 Å². The molecule has 2 N–H and O–H groups in total. The van der Waals surface area contributed by atoms with Gasteiger partial charge >= 0.3 is 5.97 Å². The quantitative estimate of drug-likeness (QED) is 0.658. The summed E-state index contributed by atoms with van der Waals surface area (Å²) in [5, 5.41) is 0. The Kier molecular flexibility index (Phi) is 4.24. The van der Waals surface area contributed by atoms with Gasteiger partial charge in [-0.25, -0.2) is 4.79 Å². The summed E-state index contributed by atoms with van der Waals surface area (Å²) in [6.45, 7) is 2.16. The van der Waals surface area contributed by atoms with Gasteiger partial charge in [0.1, 0.15) is 6.10 Å². The minimum atomic E-state index is -0.243. The fraction of sp³-hybridized carbons (Fsp3) is 0.533. The molecule has 0 aliphatic heterocycles. The standard InChI is InChI=1S/C15H21NO2/c1-2-11-6-3-4-9-14(11)18-15(17)12-7-5-8-13(16)10-12/h5,7-8,10-11,14H,2-4,6,9,16H2,1H3. The Balaban J connectivity index is 2.02. The molecule has 0 radical (unpaired) electrons. The number of nitrogens with two attached hydrogens (primary N) is 1. The second-order valence-electron chi connectivity index (χ2n) is 5.02. The first-order chi connectivity index (χ1) is 8.70. The molecular formula is C15H21NO2. The molecule has 1 aliphatic carbocycles. The Morgan fingerprint density at radius 2 is 2.17 bits per heavy atom. The Labute approximate surface area is 108 Å². The van der Waals surface area contributed by atoms with Crippen molar-refractivity contribution in [1.29, 1.82) is 0 Å². The van der Waals surface area contributed by atoms with Crippen molar-refractivity contribution in [2.75, 3.05) is 5.73 Å². The van der Waals surface area contributed by atoms with Gasteiger partial charge in [0.05, 0.1) is 5.56 Å². The molecule has 1 fully saturated rings. The monoisotopic (exact) mass is 247 g/mol. The van der Waals surface area contributed by atoms with Crippen LogP contribution in [0.1, 0.15) is 49.4 Å². The number of hydrogen-bond donors (Lipinski definition) is 1. The summed E-state index contributed by atoms with van der Waals surface area (Å²) in [6, 6.07) is 6.98. The zero-order valence-electron chi connectivity index (χ0n) is 10.9. The molecule has 0 aromatic heterocycles. The highest BCUT2D eigenvalue weighted by Crippen LogP contribution is 2.29. The summed E-state index contributed by atoms with van der Waals surface area (Å²) in [5.41, 5.74) is 6.82. The lowest BCUT2D eigenvalue weighted by Gasteiger charge is -2.30. The highest BCUT2D eigenvalue weighted by molar-refractivity contribution is 5.90. The van der Waals surface area contributed by atoms with Crippen LogP contribution < -0.4 is 5.73 Å². The minimum Gasteiger partial charge on any atom is -0.458 e. The number of anilines is 1. The minimum absolute atomic E-state index is 0.0812. The SMILES string of the molecule is CCC1CCCCC1OC(=O)c1cccc(N)c1. The normalized spacial score (nSPS) is 23.6. The van der Waals surface area contributed by atoms with Gasteiger partial charge in [-0.3, -0.25) is 0 Å². The van der Waals surface area contributed by atoms with Crippen LogP contribution in [-0.4, -0.2) is 12.1 Å². The molecule has 3 heteroatoms. The molecule has 0 heterocycles. The topological polar surface area (TPSA) is 52.3 Å². The summed E-state index contributed by atoms with van der Waals surface area (Å²) in [7, 11) is 0. The van der Waals surface area contributed by atoms with E-state index in [2.05, 4.69) is 6.92 Å². The zero-order chi connectivity index (χ0) is 13.0. The van der Waals surface area contributed by atoms with Gasteiger partial charge in [-0.05, 0) is 49.8 Å². The molecule has 2 unspecified atom stereocenters. The molecule has 1 aromatic carbocycles. The van der Waals surface area contributed by atoms with Gasteiger partial charge in [-0.2, -0.15) is 0 Å². The lowest BCUT2D eigenvalue weighted by Crippen LogP contribution is -2.29. The Hall–Kier alpha value is -1.51. The summed E-state index contributed by atoms with van der Waals surface area (Å²) in [6.07, 6.45) is 5.74. The predicted octanol–water partition coefficient (Wildman–Crippen LogP) is 3.39. The van der Waals surface area contributed by atoms with Crippen molar-refractivity contribution in [3.05, 3.63) is 29.8 Å². The van der Waals surface area contributed by atoms with E-state index in [9.17, 15) is 4.79 Å². The molecule has 2 atom stereocenters. The van der Waals surface area contributed by atoms with Crippen LogP contribution >= 0.6 is 0 Å². The van der Waals surface area contributed by atoms with E-state index in [0.717, 1.165) is 19.3 Å². The first-order valence-electron chi connectivity index (χ1n) is 6.77. The van der Waals surface area contributed by atoms with Gasteiger partial charge < -0.3 is 10.5 Å². The first kappa shape index (κ1) is 12.9. The van der Waals surface area contributed by atoms with Crippen molar-refractivity contribution < 1.29 is 9.53 Å². The summed E-state index contributed by atoms with van der Waals surface area (Å²) < 4.78 is 5.64. The van der Waals surface area contributed by atoms with Crippen molar-refractivity contribution in [2.45, 2.75) is 45.1 Å². The number of esters is 1. The molecule has 0 spiro atoms. The van der Waals surface area contributed by atoms with Crippen LogP contribution in [0.15, 0.2) is 24.3 Å². The van der Waals surface area contributed by atoms with Crippen LogP contribution in [0.25, 0.3) is 0 Å². The van der Waals surface area contributed by atoms with Crippen molar-refractivity contribution in [1.82, 2.24) is 0 Å². The smallest absolute Gasteiger partial charge is 0.338 e. The first-order valence-corrected chi connectivity index (χ1v) is 6.77. The van der Waals surface area contributed by atoms with Gasteiger partial charge in [0.2, 0.25) is 0 Å². The van der Waals surface area contributed by atoms with Crippen LogP contribution in [0.2, 0.25) is 0 Å². The maximum atomic E-state index is 12.0. The number of carbonyl (C=O) groups is 1. The van der Waals surface area contributed by atoms with Gasteiger partial charge in [0.15, 0.2) is 0 Å². The average molecular weight is 247 g/mol. The molecule has 18 heavy (non-hydrogen) atoms. The van der Waals surface area contributed by atoms with E-state index in [1.54, 1.807) is 24.3 Å². The largest absolute Gasteiger partial charge is 0.458 e. The Morgan fingerprint density at radius 3 is 2.89 bits per heavy atom.